The van der Waals surface area contributed by atoms with E-state index >= 15 is 0 Å². The average Bonchev–Trinajstić information content (AvgIpc) is 2.83. The van der Waals surface area contributed by atoms with Crippen molar-refractivity contribution in [3.05, 3.63) is 108 Å². The van der Waals surface area contributed by atoms with Crippen LogP contribution in [-0.4, -0.2) is 6.16 Å². The van der Waals surface area contributed by atoms with Gasteiger partial charge in [-0.1, -0.05) is 151 Å². The number of unbranched alkanes of at least 4 members (excludes halogenated alkanes) is 5. The summed E-state index contributed by atoms with van der Waals surface area (Å²) in [7, 11) is 0. The molecule has 0 saturated heterocycles. The average molecular weight is 557 g/mol. The van der Waals surface area contributed by atoms with Gasteiger partial charge >= 0.3 is 0 Å². The van der Waals surface area contributed by atoms with Crippen molar-refractivity contribution in [3.8, 4) is 0 Å². The number of hydrogen-bond acceptors (Lipinski definition) is 0. The first-order valence-electron chi connectivity index (χ1n) is 12.2. The van der Waals surface area contributed by atoms with Crippen LogP contribution in [0.2, 0.25) is 0 Å². The maximum Gasteiger partial charge on any atom is -0.0176 e. The molecule has 0 spiro atoms. The summed E-state index contributed by atoms with van der Waals surface area (Å²) in [6, 6.07) is 33.5. The minimum absolute atomic E-state index is 0.256. The third-order valence-corrected chi connectivity index (χ3v) is 8.65. The zero-order valence-corrected chi connectivity index (χ0v) is 22.5. The molecule has 0 aliphatic rings. The first kappa shape index (κ1) is 25.4. The van der Waals surface area contributed by atoms with Gasteiger partial charge in [-0.05, 0) is 60.4 Å². The molecule has 170 valence electrons. The Bertz CT molecular complexity index is 746. The molecule has 0 saturated carbocycles. The van der Waals surface area contributed by atoms with Crippen molar-refractivity contribution in [2.45, 2.75) is 64.2 Å². The normalized spacial score (nSPS) is 11.9. The molecule has 3 aromatic rings. The molecule has 0 fully saturated rings. The second kappa shape index (κ2) is 14.9. The Morgan fingerprint density at radius 3 is 1.28 bits per heavy atom. The molecule has 2 heteroatoms. The van der Waals surface area contributed by atoms with E-state index in [2.05, 4.69) is 113 Å². The molecule has 0 aromatic heterocycles. The Morgan fingerprint density at radius 1 is 0.500 bits per heavy atom. The van der Waals surface area contributed by atoms with E-state index < -0.39 is 0 Å². The number of halogens is 1. The van der Waals surface area contributed by atoms with Gasteiger partial charge in [-0.3, -0.25) is 0 Å². The Balaban J connectivity index is 1.74. The van der Waals surface area contributed by atoms with Crippen LogP contribution in [-0.2, 0) is 19.3 Å². The summed E-state index contributed by atoms with van der Waals surface area (Å²) in [6.07, 6.45) is 15.6. The maximum absolute atomic E-state index is 2.53. The molecule has 0 aliphatic carbocycles. The summed E-state index contributed by atoms with van der Waals surface area (Å²) in [5.41, 5.74) is 4.67. The summed E-state index contributed by atoms with van der Waals surface area (Å²) in [4.78, 5) is 0. The fourth-order valence-corrected chi connectivity index (χ4v) is 6.47. The van der Waals surface area contributed by atoms with Gasteiger partial charge in [-0.25, -0.2) is 0 Å². The predicted octanol–water partition coefficient (Wildman–Crippen LogP) is 9.46. The van der Waals surface area contributed by atoms with Crippen LogP contribution in [0.25, 0.3) is 0 Å². The van der Waals surface area contributed by atoms with Crippen molar-refractivity contribution < 1.29 is 0 Å². The zero-order chi connectivity index (χ0) is 22.3. The quantitative estimate of drug-likeness (QED) is 0.0994. The highest BCUT2D eigenvalue weighted by Gasteiger charge is 2.30. The summed E-state index contributed by atoms with van der Waals surface area (Å²) >= 11 is 2.53. The van der Waals surface area contributed by atoms with Gasteiger partial charge in [0.25, 0.3) is 0 Å². The topological polar surface area (TPSA) is 0 Å². The zero-order valence-electron chi connectivity index (χ0n) is 19.3. The van der Waals surface area contributed by atoms with Crippen molar-refractivity contribution in [3.63, 3.8) is 0 Å². The second-order valence-corrected chi connectivity index (χ2v) is 12.3. The van der Waals surface area contributed by atoms with Gasteiger partial charge in [0.2, 0.25) is 0 Å². The van der Waals surface area contributed by atoms with Gasteiger partial charge in [-0.2, -0.15) is 0 Å². The number of hydrogen-bond donors (Lipinski definition) is 0. The van der Waals surface area contributed by atoms with Crippen molar-refractivity contribution in [1.82, 2.24) is 0 Å². The van der Waals surface area contributed by atoms with Gasteiger partial charge in [0, 0.05) is 0 Å². The van der Waals surface area contributed by atoms with Crippen LogP contribution in [0, 0.1) is 5.41 Å². The Morgan fingerprint density at radius 2 is 0.875 bits per heavy atom. The van der Waals surface area contributed by atoms with Crippen molar-refractivity contribution in [1.29, 1.82) is 0 Å². The summed E-state index contributed by atoms with van der Waals surface area (Å²) in [5, 5.41) is 0. The van der Waals surface area contributed by atoms with Crippen LogP contribution in [0.4, 0.5) is 0 Å². The third kappa shape index (κ3) is 9.36. The van der Waals surface area contributed by atoms with Crippen molar-refractivity contribution >= 4 is 28.3 Å². The van der Waals surface area contributed by atoms with Crippen LogP contribution < -0.4 is 0 Å². The molecule has 0 N–H and O–H groups in total. The monoisotopic (exact) mass is 556 g/mol. The van der Waals surface area contributed by atoms with Crippen molar-refractivity contribution in [2.75, 3.05) is 6.16 Å². The standard InChI is InChI=1S/C30H38IP/c31-32-23-15-4-2-1-3-14-22-30(24-27-16-8-5-9-17-27,25-28-18-10-6-11-19-28)26-29-20-12-7-13-21-29/h5-13,16-21,32H,1-4,14-15,22-26H2. The molecule has 0 aliphatic heterocycles. The van der Waals surface area contributed by atoms with Gasteiger partial charge in [0.05, 0.1) is 0 Å². The Hall–Kier alpha value is -1.18. The van der Waals surface area contributed by atoms with E-state index in [4.69, 9.17) is 0 Å². The number of benzene rings is 3. The van der Waals surface area contributed by atoms with E-state index in [9.17, 15) is 0 Å². The minimum atomic E-state index is 0.256. The van der Waals surface area contributed by atoms with Gasteiger partial charge in [0.15, 0.2) is 0 Å². The van der Waals surface area contributed by atoms with Crippen LogP contribution in [0.1, 0.15) is 61.6 Å². The molecule has 1 atom stereocenters. The molecule has 0 nitrogen and oxygen atoms in total. The highest BCUT2D eigenvalue weighted by molar-refractivity contribution is 14.2. The van der Waals surface area contributed by atoms with Crippen LogP contribution in [0.5, 0.6) is 0 Å². The van der Waals surface area contributed by atoms with Crippen molar-refractivity contribution in [2.24, 2.45) is 5.41 Å². The van der Waals surface area contributed by atoms with E-state index in [-0.39, 0.29) is 5.41 Å². The highest BCUT2D eigenvalue weighted by Crippen LogP contribution is 2.37. The Labute approximate surface area is 210 Å². The van der Waals surface area contributed by atoms with Crippen LogP contribution in [0.15, 0.2) is 91.0 Å². The molecular formula is C30H38IP. The van der Waals surface area contributed by atoms with Crippen LogP contribution >= 0.6 is 28.3 Å². The lowest BCUT2D eigenvalue weighted by atomic mass is 9.69. The molecule has 3 aromatic carbocycles. The molecule has 3 rings (SSSR count). The van der Waals surface area contributed by atoms with Gasteiger partial charge in [-0.15, -0.1) is 0 Å². The van der Waals surface area contributed by atoms with E-state index in [1.807, 2.05) is 0 Å². The lowest BCUT2D eigenvalue weighted by molar-refractivity contribution is 0.243. The summed E-state index contributed by atoms with van der Waals surface area (Å²) < 4.78 is 0. The largest absolute Gasteiger partial charge is 0.0622 e. The summed E-state index contributed by atoms with van der Waals surface area (Å²) in [5.74, 6) is 0. The first-order chi connectivity index (χ1) is 15.8. The lowest BCUT2D eigenvalue weighted by Gasteiger charge is -2.35. The molecule has 0 amide bonds. The molecule has 32 heavy (non-hydrogen) atoms. The lowest BCUT2D eigenvalue weighted by Crippen LogP contribution is -2.30. The number of rotatable bonds is 15. The third-order valence-electron chi connectivity index (χ3n) is 6.49. The minimum Gasteiger partial charge on any atom is -0.0622 e. The SMILES string of the molecule is IPCCCCCCCCC(Cc1ccccc1)(Cc1ccccc1)Cc1ccccc1. The molecule has 1 unspecified atom stereocenters. The van der Waals surface area contributed by atoms with E-state index in [0.29, 0.717) is 0 Å². The van der Waals surface area contributed by atoms with Crippen LogP contribution in [0.3, 0.4) is 0 Å². The molecular weight excluding hydrogens is 518 g/mol. The van der Waals surface area contributed by atoms with E-state index in [1.54, 1.807) is 0 Å². The highest BCUT2D eigenvalue weighted by atomic mass is 127. The smallest absolute Gasteiger partial charge is 0.0176 e. The maximum atomic E-state index is 2.53. The second-order valence-electron chi connectivity index (χ2n) is 9.24. The van der Waals surface area contributed by atoms with Gasteiger partial charge in [0.1, 0.15) is 0 Å². The van der Waals surface area contributed by atoms with Gasteiger partial charge < -0.3 is 0 Å². The fourth-order valence-electron chi connectivity index (χ4n) is 4.94. The van der Waals surface area contributed by atoms with E-state index in [0.717, 1.165) is 25.5 Å². The predicted molar refractivity (Wildman–Crippen MR) is 152 cm³/mol. The molecule has 0 radical (unpaired) electrons. The fraction of sp³-hybridized carbons (Fsp3) is 0.400. The molecule has 0 heterocycles. The summed E-state index contributed by atoms with van der Waals surface area (Å²) in [6.45, 7) is 0. The molecule has 0 bridgehead atoms. The first-order valence-corrected chi connectivity index (χ1v) is 16.6. The van der Waals surface area contributed by atoms with E-state index in [1.165, 1.54) is 67.8 Å². The Kier molecular flexibility index (Phi) is 11.8.